The summed E-state index contributed by atoms with van der Waals surface area (Å²) in [7, 11) is -1.92. The Bertz CT molecular complexity index is 1030. The molecule has 0 aliphatic rings. The summed E-state index contributed by atoms with van der Waals surface area (Å²) < 4.78 is 55.9. The molecule has 32 heavy (non-hydrogen) atoms. The lowest BCUT2D eigenvalue weighted by atomic mass is 10.2. The summed E-state index contributed by atoms with van der Waals surface area (Å²) in [6, 6.07) is 6.82. The number of hydrogen-bond donors (Lipinski definition) is 2. The maximum atomic E-state index is 12.7. The van der Waals surface area contributed by atoms with Crippen LogP contribution in [-0.4, -0.2) is 33.6 Å². The highest BCUT2D eigenvalue weighted by Gasteiger charge is 2.30. The first-order valence-corrected chi connectivity index (χ1v) is 11.4. The van der Waals surface area contributed by atoms with Crippen LogP contribution in [0, 0.1) is 0 Å². The standard InChI is InChI=1S/C20H19Cl2F3N2O4S/c1-11(2)31-17-8-16(14(21)7-15(17)22)27-19(29)10-32(30)9-18(28)26-13-5-3-4-12(6-13)20(23,24)25/h3-8,11H,9-10H2,1-2H3,(H,26,28)(H,27,29)/t32-/m1/s1. The molecule has 6 nitrogen and oxygen atoms in total. The quantitative estimate of drug-likeness (QED) is 0.515. The smallest absolute Gasteiger partial charge is 0.416 e. The molecule has 0 radical (unpaired) electrons. The Hall–Kier alpha value is -2.30. The van der Waals surface area contributed by atoms with Gasteiger partial charge in [-0.25, -0.2) is 0 Å². The minimum absolute atomic E-state index is 0.100. The molecule has 0 aliphatic carbocycles. The molecule has 0 bridgehead atoms. The van der Waals surface area contributed by atoms with Gasteiger partial charge in [-0.15, -0.1) is 0 Å². The fraction of sp³-hybridized carbons (Fsp3) is 0.300. The van der Waals surface area contributed by atoms with E-state index in [1.165, 1.54) is 18.2 Å². The third kappa shape index (κ3) is 7.99. The number of benzene rings is 2. The second-order valence-electron chi connectivity index (χ2n) is 6.83. The zero-order valence-corrected chi connectivity index (χ0v) is 19.2. The number of rotatable bonds is 8. The van der Waals surface area contributed by atoms with Crippen LogP contribution in [0.2, 0.25) is 10.0 Å². The van der Waals surface area contributed by atoms with Crippen molar-refractivity contribution < 1.29 is 31.7 Å². The van der Waals surface area contributed by atoms with Gasteiger partial charge in [0.2, 0.25) is 11.8 Å². The molecule has 1 atom stereocenters. The number of alkyl halides is 3. The van der Waals surface area contributed by atoms with E-state index in [2.05, 4.69) is 10.6 Å². The van der Waals surface area contributed by atoms with E-state index < -0.39 is 45.9 Å². The van der Waals surface area contributed by atoms with Gasteiger partial charge in [-0.05, 0) is 38.1 Å². The highest BCUT2D eigenvalue weighted by atomic mass is 35.5. The summed E-state index contributed by atoms with van der Waals surface area (Å²) >= 11 is 12.1. The summed E-state index contributed by atoms with van der Waals surface area (Å²) in [4.78, 5) is 24.2. The first kappa shape index (κ1) is 26.0. The van der Waals surface area contributed by atoms with E-state index in [1.807, 2.05) is 0 Å². The van der Waals surface area contributed by atoms with Crippen LogP contribution in [0.4, 0.5) is 24.5 Å². The number of anilines is 2. The summed E-state index contributed by atoms with van der Waals surface area (Å²) in [5, 5.41) is 5.08. The van der Waals surface area contributed by atoms with Gasteiger partial charge in [0.15, 0.2) is 0 Å². The van der Waals surface area contributed by atoms with E-state index in [9.17, 15) is 27.0 Å². The molecule has 0 unspecified atom stereocenters. The SMILES string of the molecule is CC(C)Oc1cc(NC(=O)C[S@](=O)CC(=O)Nc2cccc(C(F)(F)F)c2)c(Cl)cc1Cl. The van der Waals surface area contributed by atoms with Gasteiger partial charge in [0.25, 0.3) is 0 Å². The Morgan fingerprint density at radius 1 is 1.03 bits per heavy atom. The van der Waals surface area contributed by atoms with Gasteiger partial charge in [0, 0.05) is 22.6 Å². The Morgan fingerprint density at radius 3 is 2.25 bits per heavy atom. The Balaban J connectivity index is 1.94. The van der Waals surface area contributed by atoms with E-state index in [-0.39, 0.29) is 27.5 Å². The van der Waals surface area contributed by atoms with E-state index in [0.717, 1.165) is 18.2 Å². The summed E-state index contributed by atoms with van der Waals surface area (Å²) in [6.07, 6.45) is -4.75. The van der Waals surface area contributed by atoms with Crippen LogP contribution in [0.5, 0.6) is 5.75 Å². The van der Waals surface area contributed by atoms with Crippen molar-refractivity contribution in [3.63, 3.8) is 0 Å². The predicted octanol–water partition coefficient (Wildman–Crippen LogP) is 5.13. The molecule has 2 rings (SSSR count). The van der Waals surface area contributed by atoms with Crippen LogP contribution in [-0.2, 0) is 26.6 Å². The number of hydrogen-bond acceptors (Lipinski definition) is 4. The molecule has 12 heteroatoms. The first-order chi connectivity index (χ1) is 14.8. The lowest BCUT2D eigenvalue weighted by Crippen LogP contribution is -2.26. The molecule has 0 saturated carbocycles. The summed E-state index contributed by atoms with van der Waals surface area (Å²) in [5.41, 5.74) is -0.851. The van der Waals surface area contributed by atoms with Gasteiger partial charge in [0.05, 0.1) is 27.4 Å². The molecule has 2 aromatic rings. The van der Waals surface area contributed by atoms with Crippen molar-refractivity contribution in [3.05, 3.63) is 52.0 Å². The van der Waals surface area contributed by atoms with Crippen molar-refractivity contribution in [1.82, 2.24) is 0 Å². The minimum Gasteiger partial charge on any atom is -0.489 e. The lowest BCUT2D eigenvalue weighted by Gasteiger charge is -2.14. The monoisotopic (exact) mass is 510 g/mol. The largest absolute Gasteiger partial charge is 0.489 e. The summed E-state index contributed by atoms with van der Waals surface area (Å²) in [6.45, 7) is 3.58. The molecular weight excluding hydrogens is 492 g/mol. The fourth-order valence-corrected chi connectivity index (χ4v) is 3.78. The predicted molar refractivity (Wildman–Crippen MR) is 119 cm³/mol. The molecule has 0 saturated heterocycles. The molecule has 0 fully saturated rings. The van der Waals surface area contributed by atoms with Crippen LogP contribution in [0.3, 0.4) is 0 Å². The highest BCUT2D eigenvalue weighted by Crippen LogP contribution is 2.35. The van der Waals surface area contributed by atoms with E-state index in [0.29, 0.717) is 5.75 Å². The molecule has 0 spiro atoms. The maximum absolute atomic E-state index is 12.7. The number of nitrogens with one attached hydrogen (secondary N) is 2. The van der Waals surface area contributed by atoms with Crippen LogP contribution in [0.25, 0.3) is 0 Å². The number of halogens is 5. The number of carbonyl (C=O) groups is 2. The van der Waals surface area contributed by atoms with Crippen LogP contribution >= 0.6 is 23.2 Å². The molecular formula is C20H19Cl2F3N2O4S. The van der Waals surface area contributed by atoms with E-state index >= 15 is 0 Å². The van der Waals surface area contributed by atoms with E-state index in [1.54, 1.807) is 13.8 Å². The first-order valence-electron chi connectivity index (χ1n) is 9.12. The van der Waals surface area contributed by atoms with Gasteiger partial charge in [-0.1, -0.05) is 29.3 Å². The van der Waals surface area contributed by atoms with Crippen molar-refractivity contribution in [3.8, 4) is 5.75 Å². The van der Waals surface area contributed by atoms with Crippen LogP contribution in [0.15, 0.2) is 36.4 Å². The van der Waals surface area contributed by atoms with Crippen molar-refractivity contribution in [2.45, 2.75) is 26.1 Å². The molecule has 2 aromatic carbocycles. The number of amides is 2. The maximum Gasteiger partial charge on any atom is 0.416 e. The molecule has 0 aromatic heterocycles. The van der Waals surface area contributed by atoms with Gasteiger partial charge in [-0.2, -0.15) is 13.2 Å². The summed E-state index contributed by atoms with van der Waals surface area (Å²) in [5.74, 6) is -2.31. The Morgan fingerprint density at radius 2 is 1.66 bits per heavy atom. The zero-order valence-electron chi connectivity index (χ0n) is 16.9. The zero-order chi connectivity index (χ0) is 24.1. The Labute approximate surface area is 194 Å². The second-order valence-corrected chi connectivity index (χ2v) is 9.10. The average molecular weight is 511 g/mol. The van der Waals surface area contributed by atoms with Crippen molar-refractivity contribution in [2.24, 2.45) is 0 Å². The molecule has 174 valence electrons. The molecule has 2 N–H and O–H groups in total. The van der Waals surface area contributed by atoms with Gasteiger partial charge in [0.1, 0.15) is 17.3 Å². The lowest BCUT2D eigenvalue weighted by molar-refractivity contribution is -0.137. The topological polar surface area (TPSA) is 84.5 Å². The van der Waals surface area contributed by atoms with Crippen LogP contribution in [0.1, 0.15) is 19.4 Å². The normalized spacial score (nSPS) is 12.4. The van der Waals surface area contributed by atoms with Crippen molar-refractivity contribution >= 4 is 57.2 Å². The Kier molecular flexibility index (Phi) is 8.94. The third-order valence-electron chi connectivity index (χ3n) is 3.72. The molecule has 0 aliphatic heterocycles. The second kappa shape index (κ2) is 11.0. The minimum atomic E-state index is -4.56. The van der Waals surface area contributed by atoms with Crippen molar-refractivity contribution in [1.29, 1.82) is 0 Å². The third-order valence-corrected chi connectivity index (χ3v) is 5.49. The highest BCUT2D eigenvalue weighted by molar-refractivity contribution is 7.86. The van der Waals surface area contributed by atoms with E-state index in [4.69, 9.17) is 27.9 Å². The average Bonchev–Trinajstić information content (AvgIpc) is 2.64. The molecule has 2 amide bonds. The molecule has 0 heterocycles. The van der Waals surface area contributed by atoms with Gasteiger partial charge in [-0.3, -0.25) is 13.8 Å². The number of carbonyl (C=O) groups excluding carboxylic acids is 2. The van der Waals surface area contributed by atoms with Crippen molar-refractivity contribution in [2.75, 3.05) is 22.1 Å². The van der Waals surface area contributed by atoms with Gasteiger partial charge >= 0.3 is 6.18 Å². The van der Waals surface area contributed by atoms with Crippen LogP contribution < -0.4 is 15.4 Å². The van der Waals surface area contributed by atoms with Gasteiger partial charge < -0.3 is 15.4 Å². The fourth-order valence-electron chi connectivity index (χ4n) is 2.47. The number of ether oxygens (including phenoxy) is 1.